The lowest BCUT2D eigenvalue weighted by Gasteiger charge is -2.29. The maximum Gasteiger partial charge on any atom is 0.157 e. The quantitative estimate of drug-likeness (QED) is 0.702. The van der Waals surface area contributed by atoms with Gasteiger partial charge in [0.15, 0.2) is 5.65 Å². The van der Waals surface area contributed by atoms with E-state index in [1.165, 1.54) is 12.1 Å². The standard InChI is InChI=1S/C19H19FN4O2/c20-15-3-1-14(2-4-15)11-17(25)12-16-13-19(23-7-9-26-10-8-23)24-18(22-16)5-6-21-24/h1-6,13H,7-12H2. The van der Waals surface area contributed by atoms with Gasteiger partial charge in [-0.25, -0.2) is 9.37 Å². The maximum absolute atomic E-state index is 13.0. The number of ether oxygens (including phenoxy) is 1. The fourth-order valence-corrected chi connectivity index (χ4v) is 3.15. The summed E-state index contributed by atoms with van der Waals surface area (Å²) in [6, 6.07) is 9.78. The fourth-order valence-electron chi connectivity index (χ4n) is 3.15. The number of nitrogens with zero attached hydrogens (tertiary/aromatic N) is 4. The molecule has 3 heterocycles. The number of fused-ring (bicyclic) bond motifs is 1. The van der Waals surface area contributed by atoms with Crippen LogP contribution in [0.2, 0.25) is 0 Å². The number of anilines is 1. The SMILES string of the molecule is O=C(Cc1ccc(F)cc1)Cc1cc(N2CCOCC2)n2nccc2n1. The summed E-state index contributed by atoms with van der Waals surface area (Å²) in [5.41, 5.74) is 2.24. The molecule has 1 aromatic carbocycles. The van der Waals surface area contributed by atoms with E-state index in [1.54, 1.807) is 22.8 Å². The molecule has 0 spiro atoms. The van der Waals surface area contributed by atoms with Crippen molar-refractivity contribution in [3.8, 4) is 0 Å². The monoisotopic (exact) mass is 354 g/mol. The number of hydrogen-bond donors (Lipinski definition) is 0. The van der Waals surface area contributed by atoms with Gasteiger partial charge >= 0.3 is 0 Å². The molecule has 26 heavy (non-hydrogen) atoms. The molecule has 134 valence electrons. The molecule has 0 radical (unpaired) electrons. The molecule has 0 bridgehead atoms. The molecule has 0 saturated carbocycles. The lowest BCUT2D eigenvalue weighted by Crippen LogP contribution is -2.37. The minimum absolute atomic E-state index is 0.0425. The average Bonchev–Trinajstić information content (AvgIpc) is 3.12. The molecule has 4 rings (SSSR count). The lowest BCUT2D eigenvalue weighted by atomic mass is 10.1. The minimum Gasteiger partial charge on any atom is -0.378 e. The van der Waals surface area contributed by atoms with Crippen LogP contribution >= 0.6 is 0 Å². The number of rotatable bonds is 5. The van der Waals surface area contributed by atoms with E-state index in [0.29, 0.717) is 18.9 Å². The largest absolute Gasteiger partial charge is 0.378 e. The third kappa shape index (κ3) is 3.57. The van der Waals surface area contributed by atoms with Gasteiger partial charge in [0.05, 0.1) is 25.1 Å². The number of Topliss-reactive ketones (excluding diaryl/α,β-unsaturated/α-hetero) is 1. The van der Waals surface area contributed by atoms with Gasteiger partial charge in [-0.15, -0.1) is 0 Å². The summed E-state index contributed by atoms with van der Waals surface area (Å²) >= 11 is 0. The number of aromatic nitrogens is 3. The van der Waals surface area contributed by atoms with E-state index in [4.69, 9.17) is 4.74 Å². The van der Waals surface area contributed by atoms with Crippen LogP contribution in [-0.2, 0) is 22.4 Å². The van der Waals surface area contributed by atoms with Crippen molar-refractivity contribution in [3.63, 3.8) is 0 Å². The molecule has 2 aromatic heterocycles. The molecule has 1 aliphatic heterocycles. The molecular formula is C19H19FN4O2. The third-order valence-electron chi connectivity index (χ3n) is 4.42. The molecule has 0 atom stereocenters. The van der Waals surface area contributed by atoms with Crippen molar-refractivity contribution in [1.29, 1.82) is 0 Å². The molecule has 7 heteroatoms. The Balaban J connectivity index is 1.56. The molecule has 1 aliphatic rings. The highest BCUT2D eigenvalue weighted by molar-refractivity contribution is 5.83. The van der Waals surface area contributed by atoms with Crippen LogP contribution in [0.4, 0.5) is 10.2 Å². The second-order valence-electron chi connectivity index (χ2n) is 6.33. The zero-order valence-electron chi connectivity index (χ0n) is 14.3. The number of hydrogen-bond acceptors (Lipinski definition) is 5. The van der Waals surface area contributed by atoms with Gasteiger partial charge in [0.25, 0.3) is 0 Å². The lowest BCUT2D eigenvalue weighted by molar-refractivity contribution is -0.117. The smallest absolute Gasteiger partial charge is 0.157 e. The predicted octanol–water partition coefficient (Wildman–Crippen LogP) is 2.06. The van der Waals surface area contributed by atoms with Crippen LogP contribution in [0, 0.1) is 5.82 Å². The number of ketones is 1. The zero-order chi connectivity index (χ0) is 17.9. The second kappa shape index (κ2) is 7.21. The number of halogens is 1. The van der Waals surface area contributed by atoms with E-state index >= 15 is 0 Å². The van der Waals surface area contributed by atoms with Crippen LogP contribution in [0.3, 0.4) is 0 Å². The highest BCUT2D eigenvalue weighted by atomic mass is 19.1. The second-order valence-corrected chi connectivity index (χ2v) is 6.33. The number of carbonyl (C=O) groups is 1. The number of carbonyl (C=O) groups excluding carboxylic acids is 1. The van der Waals surface area contributed by atoms with E-state index in [0.717, 1.165) is 30.1 Å². The highest BCUT2D eigenvalue weighted by Gasteiger charge is 2.17. The maximum atomic E-state index is 13.0. The Kier molecular flexibility index (Phi) is 4.62. The Labute approximate surface area is 150 Å². The Bertz CT molecular complexity index is 917. The zero-order valence-corrected chi connectivity index (χ0v) is 14.3. The van der Waals surface area contributed by atoms with Gasteiger partial charge in [0, 0.05) is 38.1 Å². The van der Waals surface area contributed by atoms with Crippen molar-refractivity contribution in [1.82, 2.24) is 14.6 Å². The molecule has 0 unspecified atom stereocenters. The fraction of sp³-hybridized carbons (Fsp3) is 0.316. The van der Waals surface area contributed by atoms with Crippen molar-refractivity contribution in [2.45, 2.75) is 12.8 Å². The normalized spacial score (nSPS) is 14.7. The van der Waals surface area contributed by atoms with Crippen LogP contribution in [-0.4, -0.2) is 46.7 Å². The summed E-state index contributed by atoms with van der Waals surface area (Å²) in [4.78, 5) is 19.2. The van der Waals surface area contributed by atoms with Gasteiger partial charge in [-0.2, -0.15) is 9.61 Å². The van der Waals surface area contributed by atoms with E-state index in [1.807, 2.05) is 12.1 Å². The van der Waals surface area contributed by atoms with E-state index in [2.05, 4.69) is 15.0 Å². The first kappa shape index (κ1) is 16.7. The highest BCUT2D eigenvalue weighted by Crippen LogP contribution is 2.19. The van der Waals surface area contributed by atoms with Crippen molar-refractivity contribution in [2.24, 2.45) is 0 Å². The summed E-state index contributed by atoms with van der Waals surface area (Å²) < 4.78 is 20.2. The Morgan fingerprint density at radius 3 is 2.65 bits per heavy atom. The summed E-state index contributed by atoms with van der Waals surface area (Å²) in [7, 11) is 0. The van der Waals surface area contributed by atoms with Crippen LogP contribution in [0.1, 0.15) is 11.3 Å². The van der Waals surface area contributed by atoms with E-state index in [-0.39, 0.29) is 24.4 Å². The molecule has 0 aliphatic carbocycles. The summed E-state index contributed by atoms with van der Waals surface area (Å²) in [6.45, 7) is 2.90. The number of morpholine rings is 1. The molecule has 6 nitrogen and oxygen atoms in total. The van der Waals surface area contributed by atoms with Crippen LogP contribution < -0.4 is 4.90 Å². The first-order valence-corrected chi connectivity index (χ1v) is 8.61. The van der Waals surface area contributed by atoms with Gasteiger partial charge in [-0.1, -0.05) is 12.1 Å². The van der Waals surface area contributed by atoms with Gasteiger partial charge in [-0.05, 0) is 17.7 Å². The Morgan fingerprint density at radius 2 is 1.88 bits per heavy atom. The molecule has 0 N–H and O–H groups in total. The van der Waals surface area contributed by atoms with Crippen molar-refractivity contribution < 1.29 is 13.9 Å². The van der Waals surface area contributed by atoms with Crippen molar-refractivity contribution in [3.05, 3.63) is 59.7 Å². The van der Waals surface area contributed by atoms with Crippen LogP contribution in [0.25, 0.3) is 5.65 Å². The van der Waals surface area contributed by atoms with Crippen molar-refractivity contribution >= 4 is 17.2 Å². The third-order valence-corrected chi connectivity index (χ3v) is 4.42. The molecular weight excluding hydrogens is 335 g/mol. The van der Waals surface area contributed by atoms with E-state index in [9.17, 15) is 9.18 Å². The average molecular weight is 354 g/mol. The minimum atomic E-state index is -0.302. The Hall–Kier alpha value is -2.80. The number of benzene rings is 1. The first-order chi connectivity index (χ1) is 12.7. The topological polar surface area (TPSA) is 59.7 Å². The van der Waals surface area contributed by atoms with Crippen molar-refractivity contribution in [2.75, 3.05) is 31.2 Å². The van der Waals surface area contributed by atoms with Gasteiger partial charge in [0.1, 0.15) is 17.4 Å². The van der Waals surface area contributed by atoms with Crippen LogP contribution in [0.5, 0.6) is 0 Å². The Morgan fingerprint density at radius 1 is 1.12 bits per heavy atom. The summed E-state index contributed by atoms with van der Waals surface area (Å²) in [5, 5.41) is 4.34. The van der Waals surface area contributed by atoms with E-state index < -0.39 is 0 Å². The van der Waals surface area contributed by atoms with Gasteiger partial charge < -0.3 is 9.64 Å². The molecule has 1 fully saturated rings. The van der Waals surface area contributed by atoms with Crippen LogP contribution in [0.15, 0.2) is 42.6 Å². The first-order valence-electron chi connectivity index (χ1n) is 8.61. The molecule has 3 aromatic rings. The molecule has 1 saturated heterocycles. The van der Waals surface area contributed by atoms with Gasteiger partial charge in [-0.3, -0.25) is 4.79 Å². The summed E-state index contributed by atoms with van der Waals surface area (Å²) in [6.07, 6.45) is 2.20. The van der Waals surface area contributed by atoms with Gasteiger partial charge in [0.2, 0.25) is 0 Å². The molecule has 0 amide bonds. The predicted molar refractivity (Wildman–Crippen MR) is 94.8 cm³/mol. The summed E-state index contributed by atoms with van der Waals surface area (Å²) in [5.74, 6) is 0.665.